The number of hydrogen-bond acceptors (Lipinski definition) is 4. The summed E-state index contributed by atoms with van der Waals surface area (Å²) in [5.41, 5.74) is 0.500. The molecule has 84 valence electrons. The zero-order valence-corrected chi connectivity index (χ0v) is 9.64. The van der Waals surface area contributed by atoms with Gasteiger partial charge in [-0.3, -0.25) is 4.79 Å². The van der Waals surface area contributed by atoms with Crippen LogP contribution in [0.15, 0.2) is 6.07 Å². The Kier molecular flexibility index (Phi) is 5.28. The number of nitrogens with one attached hydrogen (secondary N) is 1. The summed E-state index contributed by atoms with van der Waals surface area (Å²) in [6, 6.07) is 1.79. The first-order valence-electron chi connectivity index (χ1n) is 5.06. The Hall–Kier alpha value is -0.940. The predicted octanol–water partition coefficient (Wildman–Crippen LogP) is 1.34. The van der Waals surface area contributed by atoms with Crippen LogP contribution in [0.25, 0.3) is 0 Å². The van der Waals surface area contributed by atoms with E-state index >= 15 is 0 Å². The van der Waals surface area contributed by atoms with E-state index in [0.717, 1.165) is 24.1 Å². The lowest BCUT2D eigenvalue weighted by Gasteiger charge is -2.01. The molecule has 5 heteroatoms. The third-order valence-electron chi connectivity index (χ3n) is 1.98. The molecular formula is C10H16N2O2S. The second-order valence-corrected chi connectivity index (χ2v) is 4.37. The van der Waals surface area contributed by atoms with Crippen LogP contribution in [0.4, 0.5) is 0 Å². The zero-order valence-electron chi connectivity index (χ0n) is 8.82. The standard InChI is InChI=1S/C10H16N2O2S/c1-8-7-9(12-15-8)10(14)11-5-3-2-4-6-13/h7,13H,2-6H2,1H3,(H,11,14). The van der Waals surface area contributed by atoms with Gasteiger partial charge in [-0.15, -0.1) is 0 Å². The van der Waals surface area contributed by atoms with Gasteiger partial charge in [0, 0.05) is 18.0 Å². The maximum Gasteiger partial charge on any atom is 0.270 e. The molecule has 0 unspecified atom stereocenters. The Labute approximate surface area is 93.5 Å². The molecule has 0 aliphatic rings. The summed E-state index contributed by atoms with van der Waals surface area (Å²) in [4.78, 5) is 12.5. The number of unbranched alkanes of at least 4 members (excludes halogenated alkanes) is 2. The van der Waals surface area contributed by atoms with E-state index in [0.29, 0.717) is 12.2 Å². The molecule has 0 saturated heterocycles. The van der Waals surface area contributed by atoms with Gasteiger partial charge in [0.1, 0.15) is 5.69 Å². The van der Waals surface area contributed by atoms with Crippen LogP contribution in [0.5, 0.6) is 0 Å². The third kappa shape index (κ3) is 4.40. The van der Waals surface area contributed by atoms with Crippen molar-refractivity contribution in [2.75, 3.05) is 13.2 Å². The minimum atomic E-state index is -0.108. The molecule has 0 aliphatic heterocycles. The van der Waals surface area contributed by atoms with Gasteiger partial charge >= 0.3 is 0 Å². The summed E-state index contributed by atoms with van der Waals surface area (Å²) >= 11 is 1.34. The molecule has 1 rings (SSSR count). The first-order chi connectivity index (χ1) is 7.24. The van der Waals surface area contributed by atoms with Crippen molar-refractivity contribution >= 4 is 17.4 Å². The van der Waals surface area contributed by atoms with Crippen molar-refractivity contribution in [1.29, 1.82) is 0 Å². The molecule has 1 aromatic heterocycles. The monoisotopic (exact) mass is 228 g/mol. The van der Waals surface area contributed by atoms with Gasteiger partial charge in [0.25, 0.3) is 5.91 Å². The molecule has 1 amide bonds. The van der Waals surface area contributed by atoms with Crippen LogP contribution in [-0.2, 0) is 0 Å². The van der Waals surface area contributed by atoms with Crippen LogP contribution in [0.2, 0.25) is 0 Å². The Morgan fingerprint density at radius 1 is 1.53 bits per heavy atom. The van der Waals surface area contributed by atoms with Crippen LogP contribution in [0.1, 0.15) is 34.6 Å². The number of carbonyl (C=O) groups is 1. The smallest absolute Gasteiger partial charge is 0.270 e. The van der Waals surface area contributed by atoms with Gasteiger partial charge in [0.15, 0.2) is 0 Å². The summed E-state index contributed by atoms with van der Waals surface area (Å²) in [6.45, 7) is 2.80. The van der Waals surface area contributed by atoms with Crippen molar-refractivity contribution in [3.8, 4) is 0 Å². The normalized spacial score (nSPS) is 10.3. The average molecular weight is 228 g/mol. The molecule has 1 heterocycles. The Morgan fingerprint density at radius 2 is 2.33 bits per heavy atom. The van der Waals surface area contributed by atoms with Gasteiger partial charge in [0.05, 0.1) is 0 Å². The van der Waals surface area contributed by atoms with E-state index in [1.807, 2.05) is 6.92 Å². The Morgan fingerprint density at radius 3 is 2.93 bits per heavy atom. The van der Waals surface area contributed by atoms with Crippen molar-refractivity contribution in [3.05, 3.63) is 16.6 Å². The molecule has 0 atom stereocenters. The summed E-state index contributed by atoms with van der Waals surface area (Å²) in [5.74, 6) is -0.108. The minimum Gasteiger partial charge on any atom is -0.396 e. The Bertz CT molecular complexity index is 312. The van der Waals surface area contributed by atoms with E-state index in [4.69, 9.17) is 5.11 Å². The van der Waals surface area contributed by atoms with E-state index < -0.39 is 0 Å². The topological polar surface area (TPSA) is 62.2 Å². The highest BCUT2D eigenvalue weighted by molar-refractivity contribution is 7.05. The molecule has 0 radical (unpaired) electrons. The fourth-order valence-electron chi connectivity index (χ4n) is 1.18. The van der Waals surface area contributed by atoms with Crippen molar-refractivity contribution in [2.45, 2.75) is 26.2 Å². The number of aryl methyl sites for hydroxylation is 1. The number of carbonyl (C=O) groups excluding carboxylic acids is 1. The number of aliphatic hydroxyl groups is 1. The van der Waals surface area contributed by atoms with Gasteiger partial charge < -0.3 is 10.4 Å². The summed E-state index contributed by atoms with van der Waals surface area (Å²) in [5, 5.41) is 11.4. The van der Waals surface area contributed by atoms with E-state index in [-0.39, 0.29) is 12.5 Å². The second-order valence-electron chi connectivity index (χ2n) is 3.36. The molecule has 0 aromatic carbocycles. The number of aromatic nitrogens is 1. The van der Waals surface area contributed by atoms with Crippen molar-refractivity contribution in [2.24, 2.45) is 0 Å². The van der Waals surface area contributed by atoms with Crippen molar-refractivity contribution in [1.82, 2.24) is 9.69 Å². The molecule has 0 aliphatic carbocycles. The molecule has 2 N–H and O–H groups in total. The van der Waals surface area contributed by atoms with E-state index in [9.17, 15) is 4.79 Å². The van der Waals surface area contributed by atoms with Crippen molar-refractivity contribution < 1.29 is 9.90 Å². The molecule has 4 nitrogen and oxygen atoms in total. The minimum absolute atomic E-state index is 0.108. The average Bonchev–Trinajstić information content (AvgIpc) is 2.64. The van der Waals surface area contributed by atoms with Crippen LogP contribution in [-0.4, -0.2) is 28.5 Å². The first-order valence-corrected chi connectivity index (χ1v) is 5.83. The molecule has 0 saturated carbocycles. The summed E-state index contributed by atoms with van der Waals surface area (Å²) < 4.78 is 4.02. The third-order valence-corrected chi connectivity index (χ3v) is 2.67. The van der Waals surface area contributed by atoms with E-state index in [2.05, 4.69) is 9.69 Å². The predicted molar refractivity (Wildman–Crippen MR) is 60.1 cm³/mol. The maximum absolute atomic E-state index is 11.5. The maximum atomic E-state index is 11.5. The van der Waals surface area contributed by atoms with Gasteiger partial charge in [-0.1, -0.05) is 0 Å². The number of nitrogens with zero attached hydrogens (tertiary/aromatic N) is 1. The van der Waals surface area contributed by atoms with Crippen LogP contribution >= 0.6 is 11.5 Å². The van der Waals surface area contributed by atoms with Crippen LogP contribution in [0, 0.1) is 6.92 Å². The SMILES string of the molecule is Cc1cc(C(=O)NCCCCCO)ns1. The highest BCUT2D eigenvalue weighted by Crippen LogP contribution is 2.07. The highest BCUT2D eigenvalue weighted by atomic mass is 32.1. The zero-order chi connectivity index (χ0) is 11.1. The lowest BCUT2D eigenvalue weighted by Crippen LogP contribution is -2.24. The second kappa shape index (κ2) is 6.53. The summed E-state index contributed by atoms with van der Waals surface area (Å²) in [6.07, 6.45) is 2.63. The van der Waals surface area contributed by atoms with Crippen LogP contribution in [0.3, 0.4) is 0 Å². The molecule has 1 aromatic rings. The number of hydrogen-bond donors (Lipinski definition) is 2. The van der Waals surface area contributed by atoms with E-state index in [1.165, 1.54) is 11.5 Å². The quantitative estimate of drug-likeness (QED) is 0.722. The summed E-state index contributed by atoms with van der Waals surface area (Å²) in [7, 11) is 0. The number of amides is 1. The van der Waals surface area contributed by atoms with Gasteiger partial charge in [-0.05, 0) is 43.8 Å². The lowest BCUT2D eigenvalue weighted by molar-refractivity contribution is 0.0949. The van der Waals surface area contributed by atoms with E-state index in [1.54, 1.807) is 6.07 Å². The number of aliphatic hydroxyl groups excluding tert-OH is 1. The number of rotatable bonds is 6. The van der Waals surface area contributed by atoms with Crippen LogP contribution < -0.4 is 5.32 Å². The van der Waals surface area contributed by atoms with Gasteiger partial charge in [-0.2, -0.15) is 4.37 Å². The largest absolute Gasteiger partial charge is 0.396 e. The fraction of sp³-hybridized carbons (Fsp3) is 0.600. The fourth-order valence-corrected chi connectivity index (χ4v) is 1.72. The molecule has 0 bridgehead atoms. The van der Waals surface area contributed by atoms with Gasteiger partial charge in [-0.25, -0.2) is 0 Å². The van der Waals surface area contributed by atoms with Gasteiger partial charge in [0.2, 0.25) is 0 Å². The Balaban J connectivity index is 2.19. The molecular weight excluding hydrogens is 212 g/mol. The molecule has 15 heavy (non-hydrogen) atoms. The first kappa shape index (κ1) is 12.1. The highest BCUT2D eigenvalue weighted by Gasteiger charge is 2.07. The molecule has 0 spiro atoms. The molecule has 0 fully saturated rings. The van der Waals surface area contributed by atoms with Crippen molar-refractivity contribution in [3.63, 3.8) is 0 Å². The lowest BCUT2D eigenvalue weighted by atomic mass is 10.2.